The highest BCUT2D eigenvalue weighted by molar-refractivity contribution is 7.99. The third-order valence-electron chi connectivity index (χ3n) is 7.49. The van der Waals surface area contributed by atoms with Gasteiger partial charge in [-0.25, -0.2) is 0 Å². The monoisotopic (exact) mass is 609 g/mol. The van der Waals surface area contributed by atoms with Crippen LogP contribution in [0, 0.1) is 5.92 Å². The number of aromatic nitrogens is 4. The van der Waals surface area contributed by atoms with Crippen molar-refractivity contribution in [2.75, 3.05) is 11.1 Å². The van der Waals surface area contributed by atoms with Gasteiger partial charge in [0.1, 0.15) is 5.75 Å². The minimum atomic E-state index is -0.707. The second-order valence-corrected chi connectivity index (χ2v) is 11.5. The average molecular weight is 610 g/mol. The Morgan fingerprint density at radius 3 is 2.45 bits per heavy atom. The molecule has 3 N–H and O–H groups in total. The van der Waals surface area contributed by atoms with Gasteiger partial charge in [0.05, 0.1) is 24.5 Å². The molecule has 1 aliphatic heterocycles. The first kappa shape index (κ1) is 29.5. The summed E-state index contributed by atoms with van der Waals surface area (Å²) in [6, 6.07) is 30.9. The number of carbonyl (C=O) groups excluding carboxylic acids is 1. The zero-order chi connectivity index (χ0) is 30.5. The smallest absolute Gasteiger partial charge is 0.255 e. The molecule has 224 valence electrons. The molecule has 1 fully saturated rings. The minimum absolute atomic E-state index is 0.0381. The summed E-state index contributed by atoms with van der Waals surface area (Å²) in [4.78, 5) is 12.8. The first-order chi connectivity index (χ1) is 21.5. The van der Waals surface area contributed by atoms with E-state index < -0.39 is 6.29 Å². The molecule has 1 aliphatic rings. The van der Waals surface area contributed by atoms with E-state index >= 15 is 0 Å². The number of tetrazole rings is 1. The van der Waals surface area contributed by atoms with Gasteiger partial charge in [-0.1, -0.05) is 73.3 Å². The maximum atomic E-state index is 12.8. The van der Waals surface area contributed by atoms with Gasteiger partial charge in [0.15, 0.2) is 6.29 Å². The number of carbonyl (C=O) groups is 1. The van der Waals surface area contributed by atoms with E-state index in [1.807, 2.05) is 66.7 Å². The number of benzene rings is 4. The summed E-state index contributed by atoms with van der Waals surface area (Å²) in [7, 11) is 0. The van der Waals surface area contributed by atoms with Crippen molar-refractivity contribution in [1.29, 1.82) is 0 Å². The fraction of sp³-hybridized carbons (Fsp3) is 0.212. The van der Waals surface area contributed by atoms with Crippen molar-refractivity contribution in [2.45, 2.75) is 37.2 Å². The Bertz CT molecular complexity index is 1700. The summed E-state index contributed by atoms with van der Waals surface area (Å²) in [5, 5.41) is 35.0. The summed E-state index contributed by atoms with van der Waals surface area (Å²) in [6.45, 7) is 2.05. The van der Waals surface area contributed by atoms with Crippen LogP contribution in [-0.2, 0) is 16.1 Å². The molecule has 2 heterocycles. The van der Waals surface area contributed by atoms with Gasteiger partial charge in [-0.3, -0.25) is 4.79 Å². The Hall–Kier alpha value is -4.55. The van der Waals surface area contributed by atoms with E-state index in [2.05, 4.69) is 27.8 Å². The summed E-state index contributed by atoms with van der Waals surface area (Å²) in [5.74, 6) is 0.449. The lowest BCUT2D eigenvalue weighted by molar-refractivity contribution is -0.268. The summed E-state index contributed by atoms with van der Waals surface area (Å²) in [5.41, 5.74) is 4.48. The van der Waals surface area contributed by atoms with Crippen molar-refractivity contribution in [3.8, 4) is 11.4 Å². The number of rotatable bonds is 9. The molecule has 1 aromatic heterocycles. The first-order valence-corrected chi connectivity index (χ1v) is 15.1. The van der Waals surface area contributed by atoms with Gasteiger partial charge in [0.25, 0.3) is 5.91 Å². The number of phenolic OH excluding ortho intramolecular Hbond substituents is 1. The van der Waals surface area contributed by atoms with E-state index in [0.717, 1.165) is 22.4 Å². The van der Waals surface area contributed by atoms with Gasteiger partial charge in [-0.05, 0) is 70.1 Å². The van der Waals surface area contributed by atoms with Gasteiger partial charge >= 0.3 is 0 Å². The van der Waals surface area contributed by atoms with Gasteiger partial charge in [-0.2, -0.15) is 4.68 Å². The van der Waals surface area contributed by atoms with Crippen LogP contribution in [0.25, 0.3) is 5.69 Å². The van der Waals surface area contributed by atoms with Crippen LogP contribution in [-0.4, -0.2) is 48.2 Å². The number of hydrogen-bond donors (Lipinski definition) is 3. The molecule has 6 rings (SSSR count). The number of hydrogen-bond acceptors (Lipinski definition) is 9. The normalized spacial score (nSPS) is 19.9. The molecule has 4 aromatic carbocycles. The third kappa shape index (κ3) is 6.66. The SMILES string of the molecule is C[C@@H]1[C@H](CSc2nnnn2-c2ccc(O)cc2)O[C@H](c2cccc(NC(=O)c3ccccc3)c2)O[C@@H]1c1ccc(CO)cc1. The fourth-order valence-corrected chi connectivity index (χ4v) is 6.10. The molecule has 44 heavy (non-hydrogen) atoms. The standard InChI is InChI=1S/C33H31N5O5S/c1-21-29(20-44-33-35-36-37-38(33)27-14-16-28(40)17-15-27)42-32(43-30(21)23-12-10-22(19-39)11-13-23)25-8-5-9-26(18-25)34-31(41)24-6-3-2-4-7-24/h2-18,21,29-30,32,39-40H,19-20H2,1H3,(H,34,41)/t21-,29+,30+,32+/m1/s1. The number of aromatic hydroxyl groups is 1. The summed E-state index contributed by atoms with van der Waals surface area (Å²) in [6.07, 6.45) is -1.27. The topological polar surface area (TPSA) is 132 Å². The van der Waals surface area contributed by atoms with Crippen LogP contribution >= 0.6 is 11.8 Å². The Balaban J connectivity index is 1.24. The van der Waals surface area contributed by atoms with Crippen LogP contribution in [0.3, 0.4) is 0 Å². The predicted octanol–water partition coefficient (Wildman–Crippen LogP) is 5.70. The zero-order valence-corrected chi connectivity index (χ0v) is 24.7. The van der Waals surface area contributed by atoms with Crippen molar-refractivity contribution < 1.29 is 24.5 Å². The van der Waals surface area contributed by atoms with Crippen molar-refractivity contribution in [1.82, 2.24) is 20.2 Å². The lowest BCUT2D eigenvalue weighted by Gasteiger charge is -2.41. The fourth-order valence-electron chi connectivity index (χ4n) is 5.05. The molecule has 0 spiro atoms. The number of nitrogens with zero attached hydrogens (tertiary/aromatic N) is 4. The molecule has 1 amide bonds. The lowest BCUT2D eigenvalue weighted by Crippen LogP contribution is -2.38. The highest BCUT2D eigenvalue weighted by Crippen LogP contribution is 2.43. The Morgan fingerprint density at radius 2 is 1.70 bits per heavy atom. The van der Waals surface area contributed by atoms with Crippen LogP contribution in [0.5, 0.6) is 5.75 Å². The molecule has 10 nitrogen and oxygen atoms in total. The molecule has 5 aromatic rings. The molecule has 1 saturated heterocycles. The highest BCUT2D eigenvalue weighted by atomic mass is 32.2. The quantitative estimate of drug-likeness (QED) is 0.180. The average Bonchev–Trinajstić information content (AvgIpc) is 3.54. The molecule has 0 saturated carbocycles. The number of amides is 1. The van der Waals surface area contributed by atoms with Crippen molar-refractivity contribution in [2.24, 2.45) is 5.92 Å². The highest BCUT2D eigenvalue weighted by Gasteiger charge is 2.38. The zero-order valence-electron chi connectivity index (χ0n) is 23.9. The van der Waals surface area contributed by atoms with E-state index in [9.17, 15) is 15.0 Å². The Morgan fingerprint density at radius 1 is 0.932 bits per heavy atom. The number of phenols is 1. The van der Waals surface area contributed by atoms with Crippen LogP contribution in [0.4, 0.5) is 5.69 Å². The van der Waals surface area contributed by atoms with Crippen LogP contribution in [0.1, 0.15) is 46.4 Å². The molecule has 11 heteroatoms. The molecule has 0 radical (unpaired) electrons. The van der Waals surface area contributed by atoms with Crippen molar-refractivity contribution in [3.63, 3.8) is 0 Å². The number of ether oxygens (including phenoxy) is 2. The number of nitrogens with one attached hydrogen (secondary N) is 1. The van der Waals surface area contributed by atoms with Gasteiger partial charge in [0.2, 0.25) is 5.16 Å². The number of aliphatic hydroxyl groups excluding tert-OH is 1. The molecule has 4 atom stereocenters. The molecule has 0 unspecified atom stereocenters. The maximum Gasteiger partial charge on any atom is 0.255 e. The van der Waals surface area contributed by atoms with E-state index in [4.69, 9.17) is 9.47 Å². The second-order valence-electron chi connectivity index (χ2n) is 10.5. The predicted molar refractivity (Wildman–Crippen MR) is 165 cm³/mol. The lowest BCUT2D eigenvalue weighted by atomic mass is 9.91. The molecular formula is C33H31N5O5S. The van der Waals surface area contributed by atoms with Crippen molar-refractivity contribution in [3.05, 3.63) is 125 Å². The molecule has 0 aliphatic carbocycles. The number of anilines is 1. The first-order valence-electron chi connectivity index (χ1n) is 14.2. The summed E-state index contributed by atoms with van der Waals surface area (Å²) >= 11 is 1.47. The van der Waals surface area contributed by atoms with Crippen LogP contribution in [0.2, 0.25) is 0 Å². The van der Waals surface area contributed by atoms with E-state index in [1.54, 1.807) is 41.1 Å². The minimum Gasteiger partial charge on any atom is -0.508 e. The Kier molecular flexibility index (Phi) is 8.99. The maximum absolute atomic E-state index is 12.8. The van der Waals surface area contributed by atoms with Gasteiger partial charge < -0.3 is 25.0 Å². The van der Waals surface area contributed by atoms with Gasteiger partial charge in [0, 0.05) is 28.5 Å². The third-order valence-corrected chi connectivity index (χ3v) is 8.50. The van der Waals surface area contributed by atoms with Gasteiger partial charge in [-0.15, -0.1) is 5.10 Å². The second kappa shape index (κ2) is 13.4. The van der Waals surface area contributed by atoms with Crippen LogP contribution in [0.15, 0.2) is 108 Å². The van der Waals surface area contributed by atoms with Crippen LogP contribution < -0.4 is 5.32 Å². The molecular weight excluding hydrogens is 578 g/mol. The number of thioether (sulfide) groups is 1. The van der Waals surface area contributed by atoms with E-state index in [-0.39, 0.29) is 36.4 Å². The van der Waals surface area contributed by atoms with E-state index in [0.29, 0.717) is 22.2 Å². The summed E-state index contributed by atoms with van der Waals surface area (Å²) < 4.78 is 14.8. The van der Waals surface area contributed by atoms with Crippen molar-refractivity contribution >= 4 is 23.4 Å². The largest absolute Gasteiger partial charge is 0.508 e. The van der Waals surface area contributed by atoms with E-state index in [1.165, 1.54) is 11.8 Å². The number of aliphatic hydroxyl groups is 1. The molecule has 0 bridgehead atoms. The Labute approximate surface area is 258 Å².